The summed E-state index contributed by atoms with van der Waals surface area (Å²) in [7, 11) is 0. The molecule has 2 heterocycles. The van der Waals surface area contributed by atoms with Gasteiger partial charge in [-0.2, -0.15) is 0 Å². The number of carbonyl (C=O) groups is 6. The Balaban J connectivity index is 1.44. The van der Waals surface area contributed by atoms with Crippen molar-refractivity contribution in [3.8, 4) is 0 Å². The molecule has 3 aliphatic carbocycles. The molecule has 51 heavy (non-hydrogen) atoms. The summed E-state index contributed by atoms with van der Waals surface area (Å²) >= 11 is 0. The van der Waals surface area contributed by atoms with Crippen LogP contribution in [0.4, 0.5) is 8.78 Å². The van der Waals surface area contributed by atoms with Crippen LogP contribution in [0.3, 0.4) is 0 Å². The molecule has 5 N–H and O–H groups in total. The second-order valence-electron chi connectivity index (χ2n) is 16.5. The average Bonchev–Trinajstić information content (AvgIpc) is 3.27. The van der Waals surface area contributed by atoms with Gasteiger partial charge >= 0.3 is 0 Å². The van der Waals surface area contributed by atoms with Gasteiger partial charge in [0, 0.05) is 30.8 Å². The molecule has 280 valence electrons. The fourth-order valence-corrected chi connectivity index (χ4v) is 9.46. The maximum absolute atomic E-state index is 14.8. The minimum Gasteiger partial charge on any atom is -0.363 e. The molecule has 4 fully saturated rings. The summed E-state index contributed by atoms with van der Waals surface area (Å²) in [6.45, 7) is 9.76. The van der Waals surface area contributed by atoms with Crippen LogP contribution in [0, 0.1) is 27.6 Å². The van der Waals surface area contributed by atoms with Crippen molar-refractivity contribution in [3.63, 3.8) is 0 Å². The lowest BCUT2D eigenvalue weighted by Gasteiger charge is -2.38. The summed E-state index contributed by atoms with van der Waals surface area (Å²) in [5.74, 6) is -5.50. The van der Waals surface area contributed by atoms with Crippen LogP contribution in [0.25, 0.3) is 0 Å². The van der Waals surface area contributed by atoms with E-state index in [4.69, 9.17) is 5.73 Å². The molecule has 3 saturated carbocycles. The molecule has 2 unspecified atom stereocenters. The standard InChI is InChI=1S/C36H51F2N7O6/c1-33(2,3)27(44-31(50)25(20-10-7-6-8-11-20)43-29(48)22-18-40-14-15-41-22)32(51)45-19-36(34(4,5)35(36)12-9-13-35)17-23(45)30(49)42-21(16-24(37)38)26(46)28(39)47/h14-15,18,20-21,23-25,27H,6-13,16-17,19H2,1-5H3,(H2,39,47)(H,42,49)(H,43,48)(H,44,50)/t21?,23-,25-,27+,36?/m0/s1. The van der Waals surface area contributed by atoms with E-state index in [1.807, 2.05) is 0 Å². The quantitative estimate of drug-likeness (QED) is 0.237. The van der Waals surface area contributed by atoms with Crippen molar-refractivity contribution in [2.45, 2.75) is 129 Å². The Morgan fingerprint density at radius 3 is 2.14 bits per heavy atom. The van der Waals surface area contributed by atoms with Gasteiger partial charge in [-0.05, 0) is 54.3 Å². The summed E-state index contributed by atoms with van der Waals surface area (Å²) < 4.78 is 26.9. The predicted octanol–water partition coefficient (Wildman–Crippen LogP) is 2.68. The lowest BCUT2D eigenvalue weighted by atomic mass is 9.73. The Labute approximate surface area is 297 Å². The van der Waals surface area contributed by atoms with Crippen LogP contribution in [0.1, 0.15) is 109 Å². The molecule has 1 saturated heterocycles. The highest BCUT2D eigenvalue weighted by molar-refractivity contribution is 6.37. The number of primary amides is 1. The van der Waals surface area contributed by atoms with Crippen molar-refractivity contribution in [2.75, 3.05) is 6.54 Å². The lowest BCUT2D eigenvalue weighted by molar-refractivity contribution is -0.145. The molecule has 5 rings (SSSR count). The third kappa shape index (κ3) is 6.96. The molecular formula is C36H51F2N7O6. The van der Waals surface area contributed by atoms with Gasteiger partial charge in [-0.1, -0.05) is 60.3 Å². The van der Waals surface area contributed by atoms with Gasteiger partial charge in [0.1, 0.15) is 29.9 Å². The predicted molar refractivity (Wildman–Crippen MR) is 181 cm³/mol. The van der Waals surface area contributed by atoms with Crippen LogP contribution in [0.2, 0.25) is 0 Å². The summed E-state index contributed by atoms with van der Waals surface area (Å²) in [6.07, 6.45) is 7.22. The molecule has 15 heteroatoms. The fourth-order valence-electron chi connectivity index (χ4n) is 9.46. The number of nitrogens with one attached hydrogen (secondary N) is 3. The first-order valence-electron chi connectivity index (χ1n) is 18.0. The van der Waals surface area contributed by atoms with Crippen LogP contribution in [-0.2, 0) is 24.0 Å². The molecule has 1 aliphatic heterocycles. The molecule has 5 atom stereocenters. The van der Waals surface area contributed by atoms with E-state index >= 15 is 0 Å². The molecule has 5 amide bonds. The van der Waals surface area contributed by atoms with Gasteiger partial charge in [0.25, 0.3) is 11.8 Å². The highest BCUT2D eigenvalue weighted by Gasteiger charge is 2.85. The first-order chi connectivity index (χ1) is 23.9. The molecule has 0 aromatic carbocycles. The number of fused-ring (bicyclic) bond motifs is 1. The highest BCUT2D eigenvalue weighted by Crippen LogP contribution is 2.88. The van der Waals surface area contributed by atoms with Gasteiger partial charge in [0.15, 0.2) is 0 Å². The Bertz CT molecular complexity index is 1540. The second kappa shape index (κ2) is 14.2. The Morgan fingerprint density at radius 2 is 1.63 bits per heavy atom. The number of amides is 5. The number of nitrogens with two attached hydrogens (primary N) is 1. The van der Waals surface area contributed by atoms with Gasteiger partial charge in [0.05, 0.1) is 6.20 Å². The first-order valence-corrected chi connectivity index (χ1v) is 18.0. The number of nitrogens with zero attached hydrogens (tertiary/aromatic N) is 3. The Hall–Kier alpha value is -4.04. The van der Waals surface area contributed by atoms with Crippen molar-refractivity contribution < 1.29 is 37.5 Å². The van der Waals surface area contributed by atoms with Crippen LogP contribution < -0.4 is 21.7 Å². The largest absolute Gasteiger partial charge is 0.363 e. The zero-order valence-corrected chi connectivity index (χ0v) is 30.1. The van der Waals surface area contributed by atoms with Crippen LogP contribution in [0.5, 0.6) is 0 Å². The number of halogens is 2. The van der Waals surface area contributed by atoms with Gasteiger partial charge in [-0.25, -0.2) is 13.8 Å². The summed E-state index contributed by atoms with van der Waals surface area (Å²) in [6, 6.07) is -5.15. The molecule has 1 aromatic rings. The van der Waals surface area contributed by atoms with E-state index in [9.17, 15) is 37.5 Å². The van der Waals surface area contributed by atoms with E-state index < -0.39 is 83.2 Å². The third-order valence-corrected chi connectivity index (χ3v) is 12.6. The molecule has 0 bridgehead atoms. The lowest BCUT2D eigenvalue weighted by Crippen LogP contribution is -2.62. The number of hydrogen-bond acceptors (Lipinski definition) is 8. The van der Waals surface area contributed by atoms with E-state index in [-0.39, 0.29) is 35.4 Å². The zero-order chi connectivity index (χ0) is 37.5. The van der Waals surface area contributed by atoms with E-state index in [1.165, 1.54) is 23.5 Å². The van der Waals surface area contributed by atoms with Crippen molar-refractivity contribution in [1.82, 2.24) is 30.8 Å². The molecule has 2 spiro atoms. The molecule has 13 nitrogen and oxygen atoms in total. The van der Waals surface area contributed by atoms with E-state index in [0.29, 0.717) is 12.8 Å². The monoisotopic (exact) mass is 715 g/mol. The van der Waals surface area contributed by atoms with Crippen LogP contribution in [0.15, 0.2) is 18.6 Å². The molecular weight excluding hydrogens is 664 g/mol. The molecule has 4 aliphatic rings. The third-order valence-electron chi connectivity index (χ3n) is 12.6. The van der Waals surface area contributed by atoms with Gasteiger partial charge in [-0.15, -0.1) is 0 Å². The number of hydrogen-bond donors (Lipinski definition) is 4. The summed E-state index contributed by atoms with van der Waals surface area (Å²) in [5.41, 5.74) is 3.48. The smallest absolute Gasteiger partial charge is 0.287 e. The number of Topliss-reactive ketones (excluding diaryl/α,β-unsaturated/α-hetero) is 1. The van der Waals surface area contributed by atoms with E-state index in [0.717, 1.165) is 38.5 Å². The molecule has 1 aromatic heterocycles. The van der Waals surface area contributed by atoms with Gasteiger partial charge in [-0.3, -0.25) is 33.8 Å². The number of carbonyl (C=O) groups excluding carboxylic acids is 6. The van der Waals surface area contributed by atoms with Crippen LogP contribution in [-0.4, -0.2) is 87.3 Å². The van der Waals surface area contributed by atoms with Crippen molar-refractivity contribution in [3.05, 3.63) is 24.3 Å². The van der Waals surface area contributed by atoms with Gasteiger partial charge < -0.3 is 26.6 Å². The minimum atomic E-state index is -3.01. The van der Waals surface area contributed by atoms with Crippen molar-refractivity contribution in [1.29, 1.82) is 0 Å². The highest BCUT2D eigenvalue weighted by atomic mass is 19.3. The molecule has 0 radical (unpaired) electrons. The van der Waals surface area contributed by atoms with Crippen molar-refractivity contribution in [2.24, 2.45) is 33.3 Å². The number of ketones is 1. The topological polar surface area (TPSA) is 194 Å². The Kier molecular flexibility index (Phi) is 10.6. The number of alkyl halides is 2. The fraction of sp³-hybridized carbons (Fsp3) is 0.722. The van der Waals surface area contributed by atoms with E-state index in [2.05, 4.69) is 39.8 Å². The number of aromatic nitrogens is 2. The average molecular weight is 716 g/mol. The first kappa shape index (κ1) is 38.2. The maximum Gasteiger partial charge on any atom is 0.287 e. The second-order valence-corrected chi connectivity index (χ2v) is 16.5. The van der Waals surface area contributed by atoms with Crippen LogP contribution >= 0.6 is 0 Å². The maximum atomic E-state index is 14.8. The normalized spacial score (nSPS) is 25.4. The van der Waals surface area contributed by atoms with Gasteiger partial charge in [0.2, 0.25) is 29.9 Å². The summed E-state index contributed by atoms with van der Waals surface area (Å²) in [4.78, 5) is 89.8. The zero-order valence-electron chi connectivity index (χ0n) is 30.1. The minimum absolute atomic E-state index is 0.0442. The number of likely N-dealkylation sites (tertiary alicyclic amines) is 1. The number of rotatable bonds is 12. The van der Waals surface area contributed by atoms with E-state index in [1.54, 1.807) is 20.8 Å². The Morgan fingerprint density at radius 1 is 0.961 bits per heavy atom. The SMILES string of the molecule is CC(C)(C)[C@H](NC(=O)[C@@H](NC(=O)c1cnccn1)C1CCCCC1)C(=O)N1CC2(C[C@H]1C(=O)NC(CC(F)F)C(=O)C(N)=O)C(C)(C)C21CCC1. The summed E-state index contributed by atoms with van der Waals surface area (Å²) in [5, 5.41) is 8.10. The van der Waals surface area contributed by atoms with Crippen molar-refractivity contribution >= 4 is 35.3 Å².